The fraction of sp³-hybridized carbons (Fsp3) is 0.936. The molecule has 1 amide bonds. The van der Waals surface area contributed by atoms with Crippen molar-refractivity contribution in [3.63, 3.8) is 0 Å². The van der Waals surface area contributed by atoms with Gasteiger partial charge in [-0.1, -0.05) is 385 Å². The molecule has 9 heteroatoms. The summed E-state index contributed by atoms with van der Waals surface area (Å²) in [7, 11) is 0. The molecule has 0 spiro atoms. The lowest BCUT2D eigenvalue weighted by molar-refractivity contribution is -0.302. The number of nitrogens with one attached hydrogen (secondary N) is 1. The molecule has 1 aliphatic heterocycles. The van der Waals surface area contributed by atoms with Crippen LogP contribution >= 0.6 is 0 Å². The number of hydrogen-bond donors (Lipinski definition) is 6. The number of carbonyl (C=O) groups excluding carboxylic acids is 1. The van der Waals surface area contributed by atoms with Gasteiger partial charge >= 0.3 is 0 Å². The Bertz CT molecular complexity index is 1430. The minimum atomic E-state index is -1.57. The highest BCUT2D eigenvalue weighted by molar-refractivity contribution is 5.76. The maximum absolute atomic E-state index is 13.2. The molecule has 0 bridgehead atoms. The van der Waals surface area contributed by atoms with Gasteiger partial charge in [-0.2, -0.15) is 0 Å². The Kier molecular flexibility index (Phi) is 65.0. The van der Waals surface area contributed by atoms with E-state index in [2.05, 4.69) is 31.3 Å². The van der Waals surface area contributed by atoms with Crippen LogP contribution in [0, 0.1) is 0 Å². The highest BCUT2D eigenvalue weighted by Crippen LogP contribution is 2.24. The van der Waals surface area contributed by atoms with Crippen LogP contribution in [0.4, 0.5) is 0 Å². The summed E-state index contributed by atoms with van der Waals surface area (Å²) in [6.07, 6.45) is 83.2. The van der Waals surface area contributed by atoms with Crippen LogP contribution < -0.4 is 5.32 Å². The zero-order valence-electron chi connectivity index (χ0n) is 58.1. The largest absolute Gasteiger partial charge is 0.394 e. The molecule has 1 rings (SSSR count). The van der Waals surface area contributed by atoms with Crippen molar-refractivity contribution in [2.45, 2.75) is 455 Å². The highest BCUT2D eigenvalue weighted by atomic mass is 16.7. The van der Waals surface area contributed by atoms with Crippen LogP contribution in [0.25, 0.3) is 0 Å². The van der Waals surface area contributed by atoms with Crippen molar-refractivity contribution < 1.29 is 39.8 Å². The summed E-state index contributed by atoms with van der Waals surface area (Å²) in [4.78, 5) is 13.2. The zero-order chi connectivity index (χ0) is 62.8. The topological polar surface area (TPSA) is 149 Å². The smallest absolute Gasteiger partial charge is 0.220 e. The number of aliphatic hydroxyl groups excluding tert-OH is 5. The van der Waals surface area contributed by atoms with Gasteiger partial charge in [0.1, 0.15) is 24.4 Å². The van der Waals surface area contributed by atoms with E-state index in [9.17, 15) is 30.3 Å². The molecule has 0 aromatic heterocycles. The van der Waals surface area contributed by atoms with E-state index in [1.807, 2.05) is 6.08 Å². The molecule has 1 aliphatic rings. The Balaban J connectivity index is 2.07. The number of amides is 1. The Morgan fingerprint density at radius 2 is 0.644 bits per heavy atom. The third kappa shape index (κ3) is 56.0. The molecule has 7 atom stereocenters. The van der Waals surface area contributed by atoms with Crippen molar-refractivity contribution in [2.75, 3.05) is 13.2 Å². The summed E-state index contributed by atoms with van der Waals surface area (Å²) >= 11 is 0. The first-order chi connectivity index (χ1) is 42.8. The van der Waals surface area contributed by atoms with Crippen LogP contribution in [0.2, 0.25) is 0 Å². The Morgan fingerprint density at radius 3 is 0.931 bits per heavy atom. The van der Waals surface area contributed by atoms with E-state index < -0.39 is 49.5 Å². The van der Waals surface area contributed by atoms with Gasteiger partial charge in [-0.05, 0) is 44.9 Å². The molecule has 0 aromatic rings. The average molecular weight is 1230 g/mol. The molecular formula is C78H151NO8. The van der Waals surface area contributed by atoms with E-state index in [1.165, 1.54) is 353 Å². The predicted octanol–water partition coefficient (Wildman–Crippen LogP) is 22.0. The summed E-state index contributed by atoms with van der Waals surface area (Å²) in [5.41, 5.74) is 0. The molecule has 9 nitrogen and oxygen atoms in total. The van der Waals surface area contributed by atoms with E-state index in [-0.39, 0.29) is 12.5 Å². The van der Waals surface area contributed by atoms with Crippen molar-refractivity contribution in [2.24, 2.45) is 0 Å². The van der Waals surface area contributed by atoms with Gasteiger partial charge in [0.05, 0.1) is 25.4 Å². The van der Waals surface area contributed by atoms with E-state index in [1.54, 1.807) is 6.08 Å². The molecule has 0 aliphatic carbocycles. The molecule has 7 unspecified atom stereocenters. The molecule has 0 aromatic carbocycles. The standard InChI is InChI=1S/C78H151NO8/c1-3-5-7-9-11-13-15-17-19-21-23-25-27-29-31-33-35-36-38-40-42-44-46-48-50-52-54-56-58-60-62-64-66-68-74(82)79-71(70-86-78-77(85)76(84)75(83)73(69-80)87-78)72(81)67-65-63-61-59-57-55-53-51-49-47-45-43-41-39-37-34-32-30-28-26-24-22-20-18-16-14-12-10-8-6-4-2/h21,23,65,67,71-73,75-78,80-81,83-85H,3-20,22,24-64,66,68-70H2,1-2H3,(H,79,82)/b23-21-,67-65+. The number of aliphatic hydroxyl groups is 5. The number of allylic oxidation sites excluding steroid dienone is 3. The van der Waals surface area contributed by atoms with Crippen LogP contribution in [0.1, 0.15) is 412 Å². The third-order valence-corrected chi connectivity index (χ3v) is 19.0. The molecule has 0 radical (unpaired) electrons. The number of carbonyl (C=O) groups is 1. The van der Waals surface area contributed by atoms with E-state index in [0.717, 1.165) is 38.5 Å². The van der Waals surface area contributed by atoms with Gasteiger partial charge in [-0.15, -0.1) is 0 Å². The normalized spacial score (nSPS) is 18.0. The fourth-order valence-electron chi connectivity index (χ4n) is 12.9. The summed E-state index contributed by atoms with van der Waals surface area (Å²) in [5, 5.41) is 54.9. The average Bonchev–Trinajstić information content (AvgIpc) is 3.38. The van der Waals surface area contributed by atoms with Crippen molar-refractivity contribution in [1.82, 2.24) is 5.32 Å². The van der Waals surface area contributed by atoms with Gasteiger partial charge in [0, 0.05) is 6.42 Å². The molecule has 1 saturated heterocycles. The first-order valence-electron chi connectivity index (χ1n) is 39.1. The molecule has 0 saturated carbocycles. The van der Waals surface area contributed by atoms with Crippen LogP contribution in [-0.2, 0) is 14.3 Å². The molecule has 516 valence electrons. The first-order valence-corrected chi connectivity index (χ1v) is 39.1. The maximum Gasteiger partial charge on any atom is 0.220 e. The molecule has 6 N–H and O–H groups in total. The van der Waals surface area contributed by atoms with Crippen LogP contribution in [-0.4, -0.2) is 87.5 Å². The Hall–Kier alpha value is -1.33. The molecule has 1 fully saturated rings. The van der Waals surface area contributed by atoms with Crippen LogP contribution in [0.5, 0.6) is 0 Å². The number of unbranched alkanes of at least 4 members (excludes halogenated alkanes) is 58. The summed E-state index contributed by atoms with van der Waals surface area (Å²) in [6.45, 7) is 3.85. The Morgan fingerprint density at radius 1 is 0.379 bits per heavy atom. The van der Waals surface area contributed by atoms with Crippen molar-refractivity contribution in [1.29, 1.82) is 0 Å². The number of ether oxygens (including phenoxy) is 2. The second kappa shape index (κ2) is 67.6. The van der Waals surface area contributed by atoms with Gasteiger partial charge in [0.15, 0.2) is 6.29 Å². The summed E-state index contributed by atoms with van der Waals surface area (Å²) in [6, 6.07) is -0.804. The lowest BCUT2D eigenvalue weighted by Crippen LogP contribution is -2.60. The number of rotatable bonds is 70. The van der Waals surface area contributed by atoms with Gasteiger partial charge < -0.3 is 40.3 Å². The summed E-state index contributed by atoms with van der Waals surface area (Å²) in [5.74, 6) is -0.167. The SMILES string of the molecule is CCCCCCCCCC/C=C\CCCCCCCCCCCCCCCCCCCCCCCC(=O)NC(COC1OC(CO)C(O)C(O)C1O)C(O)/C=C/CCCCCCCCCCCCCCCCCCCCCCCCCCCCCCC. The molecular weight excluding hydrogens is 1080 g/mol. The van der Waals surface area contributed by atoms with Crippen molar-refractivity contribution >= 4 is 5.91 Å². The predicted molar refractivity (Wildman–Crippen MR) is 374 cm³/mol. The minimum absolute atomic E-state index is 0.167. The van der Waals surface area contributed by atoms with E-state index >= 15 is 0 Å². The van der Waals surface area contributed by atoms with Gasteiger partial charge in [0.2, 0.25) is 5.91 Å². The van der Waals surface area contributed by atoms with Gasteiger partial charge in [-0.25, -0.2) is 0 Å². The first kappa shape index (κ1) is 83.7. The van der Waals surface area contributed by atoms with Crippen LogP contribution in [0.3, 0.4) is 0 Å². The summed E-state index contributed by atoms with van der Waals surface area (Å²) < 4.78 is 11.3. The molecule has 87 heavy (non-hydrogen) atoms. The maximum atomic E-state index is 13.2. The van der Waals surface area contributed by atoms with E-state index in [4.69, 9.17) is 9.47 Å². The quantitative estimate of drug-likeness (QED) is 0.0261. The van der Waals surface area contributed by atoms with E-state index in [0.29, 0.717) is 6.42 Å². The van der Waals surface area contributed by atoms with Crippen molar-refractivity contribution in [3.05, 3.63) is 24.3 Å². The second-order valence-electron chi connectivity index (χ2n) is 27.5. The monoisotopic (exact) mass is 1230 g/mol. The minimum Gasteiger partial charge on any atom is -0.394 e. The highest BCUT2D eigenvalue weighted by Gasteiger charge is 2.44. The zero-order valence-corrected chi connectivity index (χ0v) is 58.1. The lowest BCUT2D eigenvalue weighted by atomic mass is 9.99. The van der Waals surface area contributed by atoms with Crippen molar-refractivity contribution in [3.8, 4) is 0 Å². The third-order valence-electron chi connectivity index (χ3n) is 19.0. The second-order valence-corrected chi connectivity index (χ2v) is 27.5. The molecule has 1 heterocycles. The van der Waals surface area contributed by atoms with Gasteiger partial charge in [-0.3, -0.25) is 4.79 Å². The fourth-order valence-corrected chi connectivity index (χ4v) is 12.9. The van der Waals surface area contributed by atoms with Crippen LogP contribution in [0.15, 0.2) is 24.3 Å². The van der Waals surface area contributed by atoms with Gasteiger partial charge in [0.25, 0.3) is 0 Å². The number of hydrogen-bond acceptors (Lipinski definition) is 8. The lowest BCUT2D eigenvalue weighted by Gasteiger charge is -2.40. The Labute approximate surface area is 540 Å².